The molecule has 1 aliphatic heterocycles. The Morgan fingerprint density at radius 3 is 2.61 bits per heavy atom. The smallest absolute Gasteiger partial charge is 0.105 e. The van der Waals surface area contributed by atoms with E-state index in [1.807, 2.05) is 0 Å². The summed E-state index contributed by atoms with van der Waals surface area (Å²) in [5.74, 6) is 0. The largest absolute Gasteiger partial charge is 0.325 e. The highest BCUT2D eigenvalue weighted by Gasteiger charge is 2.10. The number of rotatable bonds is 4. The second-order valence-electron chi connectivity index (χ2n) is 5.06. The van der Waals surface area contributed by atoms with E-state index in [-0.39, 0.29) is 6.04 Å². The van der Waals surface area contributed by atoms with Gasteiger partial charge in [0.15, 0.2) is 0 Å². The van der Waals surface area contributed by atoms with E-state index in [2.05, 4.69) is 42.3 Å². The van der Waals surface area contributed by atoms with Crippen LogP contribution in [0.2, 0.25) is 0 Å². The van der Waals surface area contributed by atoms with Gasteiger partial charge in [0.25, 0.3) is 0 Å². The second-order valence-corrected chi connectivity index (χ2v) is 5.06. The molecule has 2 N–H and O–H groups in total. The fraction of sp³-hybridized carbons (Fsp3) is 0.467. The van der Waals surface area contributed by atoms with Crippen LogP contribution >= 0.6 is 0 Å². The van der Waals surface area contributed by atoms with Crippen LogP contribution in [0, 0.1) is 0 Å². The Kier molecular flexibility index (Phi) is 4.50. The van der Waals surface area contributed by atoms with Crippen molar-refractivity contribution in [2.45, 2.75) is 18.9 Å². The highest BCUT2D eigenvalue weighted by atomic mass is 19.1. The third-order valence-electron chi connectivity index (χ3n) is 3.43. The maximum Gasteiger partial charge on any atom is 0.105 e. The van der Waals surface area contributed by atoms with Gasteiger partial charge >= 0.3 is 0 Å². The molecule has 3 heteroatoms. The molecule has 0 amide bonds. The molecule has 1 aromatic carbocycles. The molecule has 2 rings (SSSR count). The van der Waals surface area contributed by atoms with Gasteiger partial charge in [0.1, 0.15) is 6.67 Å². The van der Waals surface area contributed by atoms with Crippen molar-refractivity contribution in [2.75, 3.05) is 26.8 Å². The number of likely N-dealkylation sites (N-methyl/N-ethyl adjacent to an activating group) is 1. The van der Waals surface area contributed by atoms with Gasteiger partial charge in [-0.05, 0) is 36.6 Å². The van der Waals surface area contributed by atoms with E-state index in [4.69, 9.17) is 5.73 Å². The zero-order valence-electron chi connectivity index (χ0n) is 10.9. The molecule has 0 aliphatic carbocycles. The molecule has 0 aromatic heterocycles. The summed E-state index contributed by atoms with van der Waals surface area (Å²) in [6, 6.07) is 7.99. The van der Waals surface area contributed by atoms with Crippen LogP contribution in [-0.2, 0) is 6.42 Å². The number of hydrogen-bond acceptors (Lipinski definition) is 2. The first-order chi connectivity index (χ1) is 8.69. The zero-order valence-corrected chi connectivity index (χ0v) is 10.9. The fourth-order valence-corrected chi connectivity index (χ4v) is 2.25. The lowest BCUT2D eigenvalue weighted by molar-refractivity contribution is 0.370. The first-order valence-corrected chi connectivity index (χ1v) is 6.47. The van der Waals surface area contributed by atoms with E-state index in [1.165, 1.54) is 11.1 Å². The highest BCUT2D eigenvalue weighted by Crippen LogP contribution is 2.22. The van der Waals surface area contributed by atoms with Crippen LogP contribution in [0.25, 0.3) is 5.57 Å². The van der Waals surface area contributed by atoms with Crippen molar-refractivity contribution in [3.8, 4) is 0 Å². The van der Waals surface area contributed by atoms with Crippen molar-refractivity contribution in [3.63, 3.8) is 0 Å². The minimum atomic E-state index is -0.459. The lowest BCUT2D eigenvalue weighted by Crippen LogP contribution is -2.25. The normalized spacial score (nSPS) is 18.5. The Hall–Kier alpha value is -1.19. The van der Waals surface area contributed by atoms with Gasteiger partial charge < -0.3 is 10.6 Å². The third kappa shape index (κ3) is 3.40. The topological polar surface area (TPSA) is 29.3 Å². The maximum atomic E-state index is 12.3. The molecule has 0 spiro atoms. The molecule has 0 unspecified atom stereocenters. The molecule has 1 aliphatic rings. The van der Waals surface area contributed by atoms with Crippen LogP contribution < -0.4 is 5.73 Å². The van der Waals surface area contributed by atoms with E-state index >= 15 is 0 Å². The van der Waals surface area contributed by atoms with Gasteiger partial charge in [-0.1, -0.05) is 30.3 Å². The number of alkyl halides is 1. The molecule has 98 valence electrons. The Labute approximate surface area is 108 Å². The van der Waals surface area contributed by atoms with Crippen molar-refractivity contribution in [3.05, 3.63) is 41.5 Å². The van der Waals surface area contributed by atoms with E-state index in [9.17, 15) is 4.39 Å². The molecule has 0 radical (unpaired) electrons. The molecule has 0 bridgehead atoms. The molecule has 0 fully saturated rings. The van der Waals surface area contributed by atoms with E-state index in [1.54, 1.807) is 0 Å². The minimum absolute atomic E-state index is 0.376. The molecule has 0 saturated carbocycles. The summed E-state index contributed by atoms with van der Waals surface area (Å²) in [6.45, 7) is 1.67. The van der Waals surface area contributed by atoms with Gasteiger partial charge in [-0.3, -0.25) is 0 Å². The molecule has 2 nitrogen and oxygen atoms in total. The predicted octanol–water partition coefficient (Wildman–Crippen LogP) is 2.24. The molecule has 1 heterocycles. The van der Waals surface area contributed by atoms with Crippen LogP contribution in [-0.4, -0.2) is 37.8 Å². The number of benzene rings is 1. The first-order valence-electron chi connectivity index (χ1n) is 6.47. The number of halogens is 1. The van der Waals surface area contributed by atoms with Crippen LogP contribution in [0.5, 0.6) is 0 Å². The van der Waals surface area contributed by atoms with Crippen LogP contribution in [0.3, 0.4) is 0 Å². The van der Waals surface area contributed by atoms with E-state index in [0.717, 1.165) is 25.1 Å². The van der Waals surface area contributed by atoms with Crippen LogP contribution in [0.15, 0.2) is 30.3 Å². The summed E-state index contributed by atoms with van der Waals surface area (Å²) < 4.78 is 12.3. The van der Waals surface area contributed by atoms with Crippen molar-refractivity contribution in [1.82, 2.24) is 4.90 Å². The van der Waals surface area contributed by atoms with Gasteiger partial charge in [0, 0.05) is 19.1 Å². The van der Waals surface area contributed by atoms with Gasteiger partial charge in [-0.25, -0.2) is 4.39 Å². The SMILES string of the molecule is CN1CC=C(c2ccc(C[C@H](N)CF)cc2)CC1. The second kappa shape index (κ2) is 6.12. The summed E-state index contributed by atoms with van der Waals surface area (Å²) in [5.41, 5.74) is 9.41. The van der Waals surface area contributed by atoms with Crippen molar-refractivity contribution < 1.29 is 4.39 Å². The van der Waals surface area contributed by atoms with Gasteiger partial charge in [0.05, 0.1) is 0 Å². The molecule has 1 atom stereocenters. The summed E-state index contributed by atoms with van der Waals surface area (Å²) in [6.07, 6.45) is 3.99. The Morgan fingerprint density at radius 1 is 1.33 bits per heavy atom. The highest BCUT2D eigenvalue weighted by molar-refractivity contribution is 5.66. The van der Waals surface area contributed by atoms with Crippen LogP contribution in [0.4, 0.5) is 4.39 Å². The molecular weight excluding hydrogens is 227 g/mol. The van der Waals surface area contributed by atoms with Crippen molar-refractivity contribution in [2.24, 2.45) is 5.73 Å². The minimum Gasteiger partial charge on any atom is -0.325 e. The van der Waals surface area contributed by atoms with Gasteiger partial charge in [-0.15, -0.1) is 0 Å². The quantitative estimate of drug-likeness (QED) is 0.885. The van der Waals surface area contributed by atoms with Crippen molar-refractivity contribution >= 4 is 5.57 Å². The fourth-order valence-electron chi connectivity index (χ4n) is 2.25. The average molecular weight is 248 g/mol. The Morgan fingerprint density at radius 2 is 2.06 bits per heavy atom. The molecule has 1 aromatic rings. The maximum absolute atomic E-state index is 12.3. The van der Waals surface area contributed by atoms with E-state index in [0.29, 0.717) is 6.42 Å². The summed E-state index contributed by atoms with van der Waals surface area (Å²) in [4.78, 5) is 2.30. The number of nitrogens with zero attached hydrogens (tertiary/aromatic N) is 1. The summed E-state index contributed by atoms with van der Waals surface area (Å²) in [7, 11) is 2.13. The Bertz CT molecular complexity index is 411. The average Bonchev–Trinajstić information content (AvgIpc) is 2.40. The van der Waals surface area contributed by atoms with Crippen molar-refractivity contribution in [1.29, 1.82) is 0 Å². The van der Waals surface area contributed by atoms with E-state index < -0.39 is 6.67 Å². The van der Waals surface area contributed by atoms with Gasteiger partial charge in [-0.2, -0.15) is 0 Å². The number of nitrogens with two attached hydrogens (primary N) is 1. The summed E-state index contributed by atoms with van der Waals surface area (Å²) in [5, 5.41) is 0. The summed E-state index contributed by atoms with van der Waals surface area (Å²) >= 11 is 0. The third-order valence-corrected chi connectivity index (χ3v) is 3.43. The Balaban J connectivity index is 2.03. The zero-order chi connectivity index (χ0) is 13.0. The molecule has 18 heavy (non-hydrogen) atoms. The monoisotopic (exact) mass is 248 g/mol. The lowest BCUT2D eigenvalue weighted by atomic mass is 9.97. The lowest BCUT2D eigenvalue weighted by Gasteiger charge is -2.22. The number of hydrogen-bond donors (Lipinski definition) is 1. The predicted molar refractivity (Wildman–Crippen MR) is 74.2 cm³/mol. The molecule has 0 saturated heterocycles. The van der Waals surface area contributed by atoms with Crippen LogP contribution in [0.1, 0.15) is 17.5 Å². The molecular formula is C15H21FN2. The first kappa shape index (κ1) is 13.2. The van der Waals surface area contributed by atoms with Gasteiger partial charge in [0.2, 0.25) is 0 Å². The standard InChI is InChI=1S/C15H21FN2/c1-18-8-6-14(7-9-18)13-4-2-12(3-5-13)10-15(17)11-16/h2-6,15H,7-11,17H2,1H3/t15-/m0/s1.